The summed E-state index contributed by atoms with van der Waals surface area (Å²) in [5.41, 5.74) is 10.00. The standard InChI is InChI=1S/C25H25ClN6OS/c1-16(2)8-11-33-18-6-7-20(21(26)13-18)22-12-17(4-3-5-19-14-30-25(27)34-19)31-24(32-22)23-15-28-9-10-29-23/h6-10,12-15H,3-5,11H2,1-2H3,(H2,27,30). The van der Waals surface area contributed by atoms with E-state index < -0.39 is 0 Å². The number of aryl methyl sites for hydroxylation is 2. The Morgan fingerprint density at radius 1 is 1.06 bits per heavy atom. The van der Waals surface area contributed by atoms with Gasteiger partial charge in [-0.25, -0.2) is 19.9 Å². The lowest BCUT2D eigenvalue weighted by atomic mass is 10.1. The van der Waals surface area contributed by atoms with E-state index in [1.165, 1.54) is 16.9 Å². The average Bonchev–Trinajstić information content (AvgIpc) is 3.24. The Hall–Kier alpha value is -3.36. The molecular weight excluding hydrogens is 468 g/mol. The normalized spacial score (nSPS) is 10.8. The van der Waals surface area contributed by atoms with E-state index in [4.69, 9.17) is 32.0 Å². The number of hydrogen-bond acceptors (Lipinski definition) is 8. The molecule has 0 bridgehead atoms. The Balaban J connectivity index is 1.60. The SMILES string of the molecule is CC(C)=CCOc1ccc(-c2cc(CCCc3cnc(N)s3)nc(-c3cnccn3)n2)c(Cl)c1. The van der Waals surface area contributed by atoms with Crippen LogP contribution in [-0.4, -0.2) is 31.5 Å². The van der Waals surface area contributed by atoms with Crippen molar-refractivity contribution in [3.05, 3.63) is 76.3 Å². The number of allylic oxidation sites excluding steroid dienone is 1. The van der Waals surface area contributed by atoms with Gasteiger partial charge in [0.15, 0.2) is 11.0 Å². The zero-order valence-corrected chi connectivity index (χ0v) is 20.6. The molecule has 0 amide bonds. The van der Waals surface area contributed by atoms with Gasteiger partial charge in [-0.1, -0.05) is 17.2 Å². The van der Waals surface area contributed by atoms with Crippen LogP contribution < -0.4 is 10.5 Å². The Kier molecular flexibility index (Phi) is 7.82. The number of thiazole rings is 1. The lowest BCUT2D eigenvalue weighted by Crippen LogP contribution is -2.01. The van der Waals surface area contributed by atoms with E-state index in [-0.39, 0.29) is 0 Å². The van der Waals surface area contributed by atoms with Crippen molar-refractivity contribution in [2.45, 2.75) is 33.1 Å². The summed E-state index contributed by atoms with van der Waals surface area (Å²) in [6.45, 7) is 4.57. The van der Waals surface area contributed by atoms with Crippen molar-refractivity contribution >= 4 is 28.1 Å². The minimum atomic E-state index is 0.498. The maximum atomic E-state index is 6.64. The molecule has 2 N–H and O–H groups in total. The fraction of sp³-hybridized carbons (Fsp3) is 0.240. The molecular formula is C25H25ClN6OS. The van der Waals surface area contributed by atoms with Gasteiger partial charge in [-0.05, 0) is 63.5 Å². The molecule has 0 aliphatic rings. The molecule has 0 atom stereocenters. The highest BCUT2D eigenvalue weighted by molar-refractivity contribution is 7.15. The van der Waals surface area contributed by atoms with E-state index in [1.54, 1.807) is 18.6 Å². The number of ether oxygens (including phenoxy) is 1. The van der Waals surface area contributed by atoms with Crippen LogP contribution in [0, 0.1) is 0 Å². The van der Waals surface area contributed by atoms with Crippen LogP contribution in [0.3, 0.4) is 0 Å². The van der Waals surface area contributed by atoms with Crippen LogP contribution in [0.4, 0.5) is 5.13 Å². The summed E-state index contributed by atoms with van der Waals surface area (Å²) in [6.07, 6.45) is 11.3. The minimum Gasteiger partial charge on any atom is -0.489 e. The molecule has 1 aromatic carbocycles. The number of nitrogen functional groups attached to an aromatic ring is 1. The first-order valence-corrected chi connectivity index (χ1v) is 12.1. The second-order valence-electron chi connectivity index (χ2n) is 7.91. The molecule has 0 saturated heterocycles. The van der Waals surface area contributed by atoms with Gasteiger partial charge in [0, 0.05) is 34.7 Å². The number of halogens is 1. The summed E-state index contributed by atoms with van der Waals surface area (Å²) >= 11 is 8.16. The predicted octanol–water partition coefficient (Wildman–Crippen LogP) is 5.81. The van der Waals surface area contributed by atoms with Crippen molar-refractivity contribution < 1.29 is 4.74 Å². The first kappa shape index (κ1) is 23.8. The van der Waals surface area contributed by atoms with E-state index >= 15 is 0 Å². The first-order chi connectivity index (χ1) is 16.5. The number of rotatable bonds is 9. The van der Waals surface area contributed by atoms with Crippen LogP contribution in [0.15, 0.2) is 60.7 Å². The highest BCUT2D eigenvalue weighted by Crippen LogP contribution is 2.32. The lowest BCUT2D eigenvalue weighted by Gasteiger charge is -2.11. The van der Waals surface area contributed by atoms with Gasteiger partial charge in [-0.3, -0.25) is 4.98 Å². The summed E-state index contributed by atoms with van der Waals surface area (Å²) < 4.78 is 5.78. The Labute approximate surface area is 207 Å². The number of nitrogens with two attached hydrogens (primary N) is 1. The van der Waals surface area contributed by atoms with E-state index in [9.17, 15) is 0 Å². The van der Waals surface area contributed by atoms with Crippen LogP contribution in [0.1, 0.15) is 30.8 Å². The Bertz CT molecular complexity index is 1290. The Morgan fingerprint density at radius 2 is 1.94 bits per heavy atom. The third kappa shape index (κ3) is 6.36. The van der Waals surface area contributed by atoms with E-state index in [0.717, 1.165) is 41.1 Å². The summed E-state index contributed by atoms with van der Waals surface area (Å²) in [5.74, 6) is 1.22. The quantitative estimate of drug-likeness (QED) is 0.294. The topological polar surface area (TPSA) is 99.7 Å². The average molecular weight is 493 g/mol. The van der Waals surface area contributed by atoms with Crippen LogP contribution >= 0.6 is 22.9 Å². The number of aromatic nitrogens is 5. The van der Waals surface area contributed by atoms with Crippen molar-refractivity contribution in [1.29, 1.82) is 0 Å². The lowest BCUT2D eigenvalue weighted by molar-refractivity contribution is 0.362. The largest absolute Gasteiger partial charge is 0.489 e. The van der Waals surface area contributed by atoms with Gasteiger partial charge in [0.1, 0.15) is 18.1 Å². The van der Waals surface area contributed by atoms with Crippen LogP contribution in [0.5, 0.6) is 5.75 Å². The van der Waals surface area contributed by atoms with Crippen molar-refractivity contribution in [2.75, 3.05) is 12.3 Å². The molecule has 0 aliphatic heterocycles. The second-order valence-corrected chi connectivity index (χ2v) is 9.47. The zero-order valence-electron chi connectivity index (χ0n) is 19.0. The molecule has 0 unspecified atom stereocenters. The molecule has 4 rings (SSSR count). The van der Waals surface area contributed by atoms with Crippen molar-refractivity contribution in [1.82, 2.24) is 24.9 Å². The molecule has 34 heavy (non-hydrogen) atoms. The molecule has 174 valence electrons. The molecule has 0 spiro atoms. The van der Waals surface area contributed by atoms with Crippen LogP contribution in [0.2, 0.25) is 5.02 Å². The van der Waals surface area contributed by atoms with Crippen LogP contribution in [0.25, 0.3) is 22.8 Å². The third-order valence-electron chi connectivity index (χ3n) is 4.96. The number of hydrogen-bond donors (Lipinski definition) is 1. The summed E-state index contributed by atoms with van der Waals surface area (Å²) in [4.78, 5) is 23.3. The molecule has 0 aliphatic carbocycles. The molecule has 0 fully saturated rings. The molecule has 7 nitrogen and oxygen atoms in total. The molecule has 0 saturated carbocycles. The maximum absolute atomic E-state index is 6.64. The Morgan fingerprint density at radius 3 is 2.65 bits per heavy atom. The summed E-state index contributed by atoms with van der Waals surface area (Å²) in [6, 6.07) is 7.62. The highest BCUT2D eigenvalue weighted by Gasteiger charge is 2.13. The molecule has 4 aromatic rings. The smallest absolute Gasteiger partial charge is 0.180 e. The molecule has 3 heterocycles. The summed E-state index contributed by atoms with van der Waals surface area (Å²) in [7, 11) is 0. The van der Waals surface area contributed by atoms with Crippen molar-refractivity contribution in [3.8, 4) is 28.5 Å². The van der Waals surface area contributed by atoms with Gasteiger partial charge in [0.25, 0.3) is 0 Å². The fourth-order valence-electron chi connectivity index (χ4n) is 3.27. The molecule has 0 radical (unpaired) electrons. The molecule has 9 heteroatoms. The highest BCUT2D eigenvalue weighted by atomic mass is 35.5. The maximum Gasteiger partial charge on any atom is 0.180 e. The number of benzene rings is 1. The summed E-state index contributed by atoms with van der Waals surface area (Å²) in [5, 5.41) is 1.15. The van der Waals surface area contributed by atoms with Gasteiger partial charge in [-0.15, -0.1) is 11.3 Å². The monoisotopic (exact) mass is 492 g/mol. The van der Waals surface area contributed by atoms with Gasteiger partial charge in [0.05, 0.1) is 16.9 Å². The van der Waals surface area contributed by atoms with Gasteiger partial charge < -0.3 is 10.5 Å². The van der Waals surface area contributed by atoms with Crippen LogP contribution in [-0.2, 0) is 12.8 Å². The van der Waals surface area contributed by atoms with Crippen molar-refractivity contribution in [3.63, 3.8) is 0 Å². The van der Waals surface area contributed by atoms with Gasteiger partial charge in [0.2, 0.25) is 0 Å². The van der Waals surface area contributed by atoms with Gasteiger partial charge >= 0.3 is 0 Å². The fourth-order valence-corrected chi connectivity index (χ4v) is 4.27. The first-order valence-electron chi connectivity index (χ1n) is 10.9. The molecule has 3 aromatic heterocycles. The van der Waals surface area contributed by atoms with E-state index in [1.807, 2.05) is 50.4 Å². The predicted molar refractivity (Wildman–Crippen MR) is 137 cm³/mol. The zero-order chi connectivity index (χ0) is 23.9. The van der Waals surface area contributed by atoms with E-state index in [2.05, 4.69) is 15.0 Å². The minimum absolute atomic E-state index is 0.498. The van der Waals surface area contributed by atoms with Gasteiger partial charge in [-0.2, -0.15) is 0 Å². The third-order valence-corrected chi connectivity index (χ3v) is 6.16. The van der Waals surface area contributed by atoms with E-state index in [0.29, 0.717) is 34.0 Å². The van der Waals surface area contributed by atoms with Crippen molar-refractivity contribution in [2.24, 2.45) is 0 Å². The number of nitrogens with zero attached hydrogens (tertiary/aromatic N) is 5. The second kappa shape index (κ2) is 11.2. The number of anilines is 1.